The van der Waals surface area contributed by atoms with Crippen molar-refractivity contribution in [1.29, 1.82) is 0 Å². The summed E-state index contributed by atoms with van der Waals surface area (Å²) in [4.78, 5) is 0. The number of benzene rings is 1. The van der Waals surface area contributed by atoms with E-state index in [0.29, 0.717) is 0 Å². The Morgan fingerprint density at radius 3 is 2.04 bits per heavy atom. The van der Waals surface area contributed by atoms with Crippen LogP contribution in [0, 0.1) is 5.92 Å². The zero-order chi connectivity index (χ0) is 17.3. The van der Waals surface area contributed by atoms with Gasteiger partial charge < -0.3 is 9.31 Å². The van der Waals surface area contributed by atoms with Crippen molar-refractivity contribution in [1.82, 2.24) is 0 Å². The molecule has 1 aliphatic rings. The highest BCUT2D eigenvalue weighted by atomic mass is 19.4. The Kier molecular flexibility index (Phi) is 4.97. The minimum atomic E-state index is -4.34. The number of rotatable bonds is 4. The third-order valence-electron chi connectivity index (χ3n) is 4.49. The first-order valence-electron chi connectivity index (χ1n) is 7.67. The molecule has 1 saturated heterocycles. The molecule has 2 rings (SSSR count). The molecule has 1 aromatic rings. The second-order valence-corrected chi connectivity index (χ2v) is 6.84. The van der Waals surface area contributed by atoms with E-state index in [-0.39, 0.29) is 6.32 Å². The number of hydrogen-bond acceptors (Lipinski definition) is 2. The molecule has 1 aromatic carbocycles. The van der Waals surface area contributed by atoms with Crippen LogP contribution in [0.1, 0.15) is 33.3 Å². The highest BCUT2D eigenvalue weighted by Crippen LogP contribution is 2.41. The van der Waals surface area contributed by atoms with E-state index >= 15 is 0 Å². The van der Waals surface area contributed by atoms with Gasteiger partial charge in [-0.05, 0) is 39.6 Å². The summed E-state index contributed by atoms with van der Waals surface area (Å²) in [7, 11) is -0.868. The van der Waals surface area contributed by atoms with E-state index in [1.807, 2.05) is 33.8 Å². The molecular weight excluding hydrogens is 304 g/mol. The van der Waals surface area contributed by atoms with Crippen LogP contribution in [0.4, 0.5) is 13.2 Å². The lowest BCUT2D eigenvalue weighted by Crippen LogP contribution is -2.41. The van der Waals surface area contributed by atoms with Gasteiger partial charge in [-0.2, -0.15) is 13.2 Å². The molecule has 0 saturated carbocycles. The van der Waals surface area contributed by atoms with Gasteiger partial charge in [-0.1, -0.05) is 42.5 Å². The van der Waals surface area contributed by atoms with Crippen molar-refractivity contribution in [2.75, 3.05) is 0 Å². The maximum absolute atomic E-state index is 13.3. The molecule has 126 valence electrons. The first kappa shape index (κ1) is 18.1. The third kappa shape index (κ3) is 4.39. The number of allylic oxidation sites excluding steroid dienone is 1. The lowest BCUT2D eigenvalue weighted by atomic mass is 9.76. The van der Waals surface area contributed by atoms with Gasteiger partial charge in [0.05, 0.1) is 17.1 Å². The van der Waals surface area contributed by atoms with Crippen LogP contribution in [-0.2, 0) is 9.31 Å². The van der Waals surface area contributed by atoms with Crippen LogP contribution in [0.5, 0.6) is 0 Å². The van der Waals surface area contributed by atoms with Gasteiger partial charge in [0.1, 0.15) is 0 Å². The van der Waals surface area contributed by atoms with Gasteiger partial charge in [0.25, 0.3) is 0 Å². The van der Waals surface area contributed by atoms with Crippen LogP contribution in [-0.4, -0.2) is 24.5 Å². The quantitative estimate of drug-likeness (QED) is 0.727. The van der Waals surface area contributed by atoms with Gasteiger partial charge in [-0.15, -0.1) is 0 Å². The SMILES string of the molecule is CC1(C)OB(CC(C=Cc2ccccc2)C(F)(F)F)OC1(C)C. The van der Waals surface area contributed by atoms with Gasteiger partial charge >= 0.3 is 13.3 Å². The third-order valence-corrected chi connectivity index (χ3v) is 4.49. The Bertz CT molecular complexity index is 537. The molecule has 1 atom stereocenters. The topological polar surface area (TPSA) is 18.5 Å². The predicted molar refractivity (Wildman–Crippen MR) is 85.9 cm³/mol. The number of alkyl halides is 3. The maximum atomic E-state index is 13.3. The molecule has 0 N–H and O–H groups in total. The molecule has 0 radical (unpaired) electrons. The molecule has 0 bridgehead atoms. The zero-order valence-electron chi connectivity index (χ0n) is 13.9. The van der Waals surface area contributed by atoms with Crippen molar-refractivity contribution in [2.24, 2.45) is 5.92 Å². The summed E-state index contributed by atoms with van der Waals surface area (Å²) in [6, 6.07) is 8.92. The lowest BCUT2D eigenvalue weighted by Gasteiger charge is -2.32. The predicted octanol–water partition coefficient (Wildman–Crippen LogP) is 4.97. The minimum Gasteiger partial charge on any atom is -0.403 e. The standard InChI is InChI=1S/C17H22BF3O2/c1-15(2)16(3,4)23-18(22-15)12-14(17(19,20)21)11-10-13-8-6-5-7-9-13/h5-11,14H,12H2,1-4H3. The summed E-state index contributed by atoms with van der Waals surface area (Å²) in [6.07, 6.45) is -1.92. The molecule has 2 nitrogen and oxygen atoms in total. The molecule has 0 aliphatic carbocycles. The van der Waals surface area contributed by atoms with Crippen molar-refractivity contribution in [3.05, 3.63) is 42.0 Å². The summed E-state index contributed by atoms with van der Waals surface area (Å²) in [5, 5.41) is 0. The molecule has 0 spiro atoms. The van der Waals surface area contributed by atoms with Crippen LogP contribution in [0.25, 0.3) is 6.08 Å². The average Bonchev–Trinajstić information content (AvgIpc) is 2.62. The molecule has 1 aliphatic heterocycles. The van der Waals surface area contributed by atoms with E-state index in [2.05, 4.69) is 0 Å². The van der Waals surface area contributed by atoms with Gasteiger partial charge in [0, 0.05) is 0 Å². The summed E-state index contributed by atoms with van der Waals surface area (Å²) >= 11 is 0. The van der Waals surface area contributed by atoms with Crippen molar-refractivity contribution >= 4 is 13.2 Å². The Hall–Kier alpha value is -1.27. The van der Waals surface area contributed by atoms with E-state index in [4.69, 9.17) is 9.31 Å². The fourth-order valence-electron chi connectivity index (χ4n) is 2.38. The van der Waals surface area contributed by atoms with E-state index < -0.39 is 30.4 Å². The van der Waals surface area contributed by atoms with Crippen LogP contribution in [0.15, 0.2) is 36.4 Å². The van der Waals surface area contributed by atoms with Crippen LogP contribution in [0.3, 0.4) is 0 Å². The van der Waals surface area contributed by atoms with E-state index in [1.54, 1.807) is 24.3 Å². The van der Waals surface area contributed by atoms with E-state index in [1.165, 1.54) is 12.2 Å². The van der Waals surface area contributed by atoms with Crippen molar-refractivity contribution in [3.8, 4) is 0 Å². The van der Waals surface area contributed by atoms with E-state index in [9.17, 15) is 13.2 Å². The molecule has 6 heteroatoms. The Balaban J connectivity index is 2.11. The molecule has 1 unspecified atom stereocenters. The first-order valence-corrected chi connectivity index (χ1v) is 7.67. The molecule has 0 amide bonds. The van der Waals surface area contributed by atoms with E-state index in [0.717, 1.165) is 5.56 Å². The summed E-state index contributed by atoms with van der Waals surface area (Å²) < 4.78 is 51.3. The largest absolute Gasteiger partial charge is 0.458 e. The van der Waals surface area contributed by atoms with Crippen molar-refractivity contribution in [2.45, 2.75) is 51.4 Å². The second kappa shape index (κ2) is 6.32. The van der Waals surface area contributed by atoms with Crippen molar-refractivity contribution < 1.29 is 22.5 Å². The second-order valence-electron chi connectivity index (χ2n) is 6.84. The lowest BCUT2D eigenvalue weighted by molar-refractivity contribution is -0.157. The zero-order valence-corrected chi connectivity index (χ0v) is 13.9. The molecule has 1 fully saturated rings. The molecule has 1 heterocycles. The van der Waals surface area contributed by atoms with Gasteiger partial charge in [0.15, 0.2) is 0 Å². The average molecular weight is 326 g/mol. The highest BCUT2D eigenvalue weighted by molar-refractivity contribution is 6.45. The minimum absolute atomic E-state index is 0.250. The van der Waals surface area contributed by atoms with Crippen molar-refractivity contribution in [3.63, 3.8) is 0 Å². The smallest absolute Gasteiger partial charge is 0.403 e. The van der Waals surface area contributed by atoms with Crippen LogP contribution >= 0.6 is 0 Å². The summed E-state index contributed by atoms with van der Waals surface area (Å²) in [5.41, 5.74) is -0.524. The Labute approximate surface area is 135 Å². The summed E-state index contributed by atoms with van der Waals surface area (Å²) in [5.74, 6) is -1.61. The van der Waals surface area contributed by atoms with Gasteiger partial charge in [0.2, 0.25) is 0 Å². The van der Waals surface area contributed by atoms with Gasteiger partial charge in [-0.3, -0.25) is 0 Å². The number of hydrogen-bond donors (Lipinski definition) is 0. The molecular formula is C17H22BF3O2. The van der Waals surface area contributed by atoms with Crippen LogP contribution < -0.4 is 0 Å². The highest BCUT2D eigenvalue weighted by Gasteiger charge is 2.53. The Morgan fingerprint density at radius 2 is 1.57 bits per heavy atom. The normalized spacial score (nSPS) is 21.8. The fraction of sp³-hybridized carbons (Fsp3) is 0.529. The number of halogens is 3. The Morgan fingerprint density at radius 1 is 1.04 bits per heavy atom. The maximum Gasteiger partial charge on any atom is 0.458 e. The molecule has 0 aromatic heterocycles. The monoisotopic (exact) mass is 326 g/mol. The first-order chi connectivity index (χ1) is 10.5. The van der Waals surface area contributed by atoms with Crippen LogP contribution in [0.2, 0.25) is 6.32 Å². The summed E-state index contributed by atoms with van der Waals surface area (Å²) in [6.45, 7) is 7.32. The molecule has 23 heavy (non-hydrogen) atoms. The van der Waals surface area contributed by atoms with Gasteiger partial charge in [-0.25, -0.2) is 0 Å². The fourth-order valence-corrected chi connectivity index (χ4v) is 2.38.